The molecular weight excluding hydrogens is 449 g/mol. The van der Waals surface area contributed by atoms with Crippen LogP contribution in [0.2, 0.25) is 0 Å². The van der Waals surface area contributed by atoms with Crippen LogP contribution in [0.15, 0.2) is 71.8 Å². The molecule has 0 bridgehead atoms. The quantitative estimate of drug-likeness (QED) is 0.406. The molecule has 4 nitrogen and oxygen atoms in total. The lowest BCUT2D eigenvalue weighted by molar-refractivity contribution is 0.934. The molecule has 0 saturated heterocycles. The molecular formula is C22H16IN3O. The second-order valence-corrected chi connectivity index (χ2v) is 7.42. The van der Waals surface area contributed by atoms with Crippen LogP contribution in [-0.4, -0.2) is 14.5 Å². The van der Waals surface area contributed by atoms with E-state index in [1.54, 1.807) is 17.0 Å². The molecule has 0 unspecified atom stereocenters. The molecule has 2 heterocycles. The average molecular weight is 465 g/mol. The van der Waals surface area contributed by atoms with E-state index < -0.39 is 0 Å². The summed E-state index contributed by atoms with van der Waals surface area (Å²) in [7, 11) is 0. The number of hydrogen-bond donors (Lipinski definition) is 0. The van der Waals surface area contributed by atoms with Gasteiger partial charge in [-0.05, 0) is 83.1 Å². The van der Waals surface area contributed by atoms with Crippen molar-refractivity contribution in [2.45, 2.75) is 6.92 Å². The fourth-order valence-electron chi connectivity index (χ4n) is 2.98. The minimum atomic E-state index is -0.0707. The van der Waals surface area contributed by atoms with Crippen LogP contribution < -0.4 is 5.56 Å². The minimum Gasteiger partial charge on any atom is -0.268 e. The average Bonchev–Trinajstić information content (AvgIpc) is 2.69. The number of fused-ring (bicyclic) bond motifs is 1. The summed E-state index contributed by atoms with van der Waals surface area (Å²) in [5, 5.41) is 0.615. The molecule has 132 valence electrons. The summed E-state index contributed by atoms with van der Waals surface area (Å²) in [5.74, 6) is 0.590. The van der Waals surface area contributed by atoms with Gasteiger partial charge in [-0.2, -0.15) is 0 Å². The summed E-state index contributed by atoms with van der Waals surface area (Å²) >= 11 is 2.21. The van der Waals surface area contributed by atoms with Gasteiger partial charge in [0, 0.05) is 16.0 Å². The number of halogens is 1. The lowest BCUT2D eigenvalue weighted by Gasteiger charge is -2.13. The largest absolute Gasteiger partial charge is 0.268 e. The van der Waals surface area contributed by atoms with Crippen molar-refractivity contribution in [3.05, 3.63) is 97.9 Å². The Bertz CT molecular complexity index is 1210. The first-order valence-electron chi connectivity index (χ1n) is 8.50. The van der Waals surface area contributed by atoms with E-state index in [1.807, 2.05) is 73.7 Å². The third-order valence-corrected chi connectivity index (χ3v) is 4.99. The molecule has 4 rings (SSSR count). The summed E-state index contributed by atoms with van der Waals surface area (Å²) in [6.45, 7) is 2.00. The third-order valence-electron chi connectivity index (χ3n) is 4.32. The number of para-hydroxylation sites is 1. The van der Waals surface area contributed by atoms with E-state index >= 15 is 0 Å². The first kappa shape index (κ1) is 17.6. The lowest BCUT2D eigenvalue weighted by atomic mass is 10.1. The Morgan fingerprint density at radius 1 is 1.04 bits per heavy atom. The van der Waals surface area contributed by atoms with Crippen molar-refractivity contribution in [1.82, 2.24) is 14.5 Å². The predicted molar refractivity (Wildman–Crippen MR) is 118 cm³/mol. The van der Waals surface area contributed by atoms with E-state index in [0.29, 0.717) is 16.7 Å². The Morgan fingerprint density at radius 2 is 1.89 bits per heavy atom. The highest BCUT2D eigenvalue weighted by molar-refractivity contribution is 14.1. The summed E-state index contributed by atoms with van der Waals surface area (Å²) in [5.41, 5.74) is 3.42. The molecule has 0 aliphatic rings. The van der Waals surface area contributed by atoms with Crippen molar-refractivity contribution in [2.24, 2.45) is 0 Å². The Kier molecular flexibility index (Phi) is 4.85. The molecule has 0 spiro atoms. The van der Waals surface area contributed by atoms with E-state index in [1.165, 1.54) is 0 Å². The topological polar surface area (TPSA) is 47.8 Å². The number of aromatic nitrogens is 3. The van der Waals surface area contributed by atoms with Gasteiger partial charge < -0.3 is 0 Å². The van der Waals surface area contributed by atoms with Gasteiger partial charge in [0.05, 0.1) is 16.6 Å². The molecule has 2 aromatic carbocycles. The van der Waals surface area contributed by atoms with Gasteiger partial charge in [0.2, 0.25) is 0 Å². The highest BCUT2D eigenvalue weighted by Gasteiger charge is 2.13. The van der Waals surface area contributed by atoms with Gasteiger partial charge in [0.15, 0.2) is 0 Å². The Balaban J connectivity index is 2.00. The van der Waals surface area contributed by atoms with Crippen molar-refractivity contribution >= 4 is 45.6 Å². The maximum absolute atomic E-state index is 13.3. The first-order chi connectivity index (χ1) is 13.1. The van der Waals surface area contributed by atoms with Crippen molar-refractivity contribution in [3.8, 4) is 5.69 Å². The molecule has 2 aromatic heterocycles. The highest BCUT2D eigenvalue weighted by Crippen LogP contribution is 2.19. The van der Waals surface area contributed by atoms with Crippen LogP contribution in [0.4, 0.5) is 0 Å². The van der Waals surface area contributed by atoms with E-state index in [9.17, 15) is 4.79 Å². The van der Waals surface area contributed by atoms with Gasteiger partial charge in [-0.3, -0.25) is 14.3 Å². The van der Waals surface area contributed by atoms with Crippen LogP contribution in [0.1, 0.15) is 17.0 Å². The van der Waals surface area contributed by atoms with Gasteiger partial charge in [-0.1, -0.05) is 24.3 Å². The number of nitrogens with zero attached hydrogens (tertiary/aromatic N) is 3. The number of rotatable bonds is 3. The molecule has 4 aromatic rings. The summed E-state index contributed by atoms with van der Waals surface area (Å²) in [4.78, 5) is 22.2. The Morgan fingerprint density at radius 3 is 2.67 bits per heavy atom. The van der Waals surface area contributed by atoms with Gasteiger partial charge >= 0.3 is 0 Å². The second-order valence-electron chi connectivity index (χ2n) is 6.18. The molecule has 0 atom stereocenters. The van der Waals surface area contributed by atoms with E-state index in [4.69, 9.17) is 4.98 Å². The second kappa shape index (κ2) is 7.44. The molecule has 27 heavy (non-hydrogen) atoms. The van der Waals surface area contributed by atoms with Crippen molar-refractivity contribution in [3.63, 3.8) is 0 Å². The molecule has 5 heteroatoms. The van der Waals surface area contributed by atoms with E-state index in [-0.39, 0.29) is 5.56 Å². The predicted octanol–water partition coefficient (Wildman–Crippen LogP) is 4.86. The van der Waals surface area contributed by atoms with Crippen LogP contribution in [0, 0.1) is 10.5 Å². The van der Waals surface area contributed by atoms with Gasteiger partial charge in [-0.15, -0.1) is 0 Å². The highest BCUT2D eigenvalue weighted by atomic mass is 127. The number of aryl methyl sites for hydroxylation is 1. The zero-order chi connectivity index (χ0) is 18.8. The summed E-state index contributed by atoms with van der Waals surface area (Å²) in [6.07, 6.45) is 7.29. The van der Waals surface area contributed by atoms with Crippen molar-refractivity contribution < 1.29 is 0 Å². The van der Waals surface area contributed by atoms with Crippen LogP contribution in [0.25, 0.3) is 28.7 Å². The molecule has 0 amide bonds. The standard InChI is InChI=1S/C22H16IN3O/c1-15-5-2-3-7-20(15)26-21(11-8-16-6-4-12-24-14-16)25-19-10-9-17(23)13-18(19)22(26)27/h2-14H,1H3. The lowest BCUT2D eigenvalue weighted by Crippen LogP contribution is -2.23. The fraction of sp³-hybridized carbons (Fsp3) is 0.0455. The molecule has 0 fully saturated rings. The molecule has 0 aliphatic carbocycles. The fourth-order valence-corrected chi connectivity index (χ4v) is 3.47. The molecule has 0 radical (unpaired) electrons. The molecule has 0 saturated carbocycles. The van der Waals surface area contributed by atoms with Crippen molar-refractivity contribution in [2.75, 3.05) is 0 Å². The normalized spacial score (nSPS) is 11.3. The van der Waals surface area contributed by atoms with Gasteiger partial charge in [-0.25, -0.2) is 4.98 Å². The van der Waals surface area contributed by atoms with Crippen LogP contribution in [0.5, 0.6) is 0 Å². The maximum Gasteiger partial charge on any atom is 0.266 e. The van der Waals surface area contributed by atoms with E-state index in [2.05, 4.69) is 27.6 Å². The molecule has 0 aliphatic heterocycles. The van der Waals surface area contributed by atoms with Gasteiger partial charge in [0.25, 0.3) is 5.56 Å². The minimum absolute atomic E-state index is 0.0707. The van der Waals surface area contributed by atoms with Crippen LogP contribution in [-0.2, 0) is 0 Å². The number of benzene rings is 2. The Labute approximate surface area is 170 Å². The number of hydrogen-bond acceptors (Lipinski definition) is 3. The first-order valence-corrected chi connectivity index (χ1v) is 9.58. The van der Waals surface area contributed by atoms with Crippen LogP contribution >= 0.6 is 22.6 Å². The summed E-state index contributed by atoms with van der Waals surface area (Å²) in [6, 6.07) is 17.4. The third kappa shape index (κ3) is 3.55. The molecule has 0 N–H and O–H groups in total. The zero-order valence-electron chi connectivity index (χ0n) is 14.6. The monoisotopic (exact) mass is 465 g/mol. The van der Waals surface area contributed by atoms with Crippen molar-refractivity contribution in [1.29, 1.82) is 0 Å². The van der Waals surface area contributed by atoms with E-state index in [0.717, 1.165) is 20.4 Å². The summed E-state index contributed by atoms with van der Waals surface area (Å²) < 4.78 is 2.69. The number of pyridine rings is 1. The smallest absolute Gasteiger partial charge is 0.266 e. The Hall–Kier alpha value is -2.80. The van der Waals surface area contributed by atoms with Gasteiger partial charge in [0.1, 0.15) is 5.82 Å². The SMILES string of the molecule is Cc1ccccc1-n1c(C=Cc2cccnc2)nc2ccc(I)cc2c1=O. The van der Waals surface area contributed by atoms with Crippen LogP contribution in [0.3, 0.4) is 0 Å². The zero-order valence-corrected chi connectivity index (χ0v) is 16.8. The maximum atomic E-state index is 13.3.